The molecule has 0 fully saturated rings. The summed E-state index contributed by atoms with van der Waals surface area (Å²) in [6.07, 6.45) is -0.867. The van der Waals surface area contributed by atoms with Crippen LogP contribution in [0.3, 0.4) is 0 Å². The Bertz CT molecular complexity index is 421. The van der Waals surface area contributed by atoms with E-state index in [1.807, 2.05) is 0 Å². The first kappa shape index (κ1) is 15.4. The SMILES string of the molecule is C[C@H](O)c1cc([N+](=O)[O-])ccc1OCCOCCO. The van der Waals surface area contributed by atoms with Crippen LogP contribution in [0.2, 0.25) is 0 Å². The Morgan fingerprint density at radius 1 is 1.37 bits per heavy atom. The first-order valence-corrected chi connectivity index (χ1v) is 5.84. The molecule has 0 spiro atoms. The molecule has 0 aliphatic carbocycles. The van der Waals surface area contributed by atoms with Crippen LogP contribution in [0.4, 0.5) is 5.69 Å². The lowest BCUT2D eigenvalue weighted by molar-refractivity contribution is -0.385. The summed E-state index contributed by atoms with van der Waals surface area (Å²) in [5.74, 6) is 0.383. The number of benzene rings is 1. The second-order valence-corrected chi connectivity index (χ2v) is 3.84. The molecule has 106 valence electrons. The summed E-state index contributed by atoms with van der Waals surface area (Å²) in [4.78, 5) is 10.1. The minimum Gasteiger partial charge on any atom is -0.491 e. The van der Waals surface area contributed by atoms with Gasteiger partial charge in [0.1, 0.15) is 12.4 Å². The van der Waals surface area contributed by atoms with Crippen LogP contribution in [0.1, 0.15) is 18.6 Å². The molecule has 1 rings (SSSR count). The fourth-order valence-corrected chi connectivity index (χ4v) is 1.48. The molecule has 0 heterocycles. The molecule has 0 saturated heterocycles. The number of non-ortho nitro benzene ring substituents is 1. The Labute approximate surface area is 110 Å². The lowest BCUT2D eigenvalue weighted by atomic mass is 10.1. The number of nitrogens with zero attached hydrogens (tertiary/aromatic N) is 1. The predicted octanol–water partition coefficient (Wildman–Crippen LogP) is 1.04. The van der Waals surface area contributed by atoms with Gasteiger partial charge in [-0.1, -0.05) is 0 Å². The van der Waals surface area contributed by atoms with E-state index in [-0.39, 0.29) is 32.1 Å². The van der Waals surface area contributed by atoms with Crippen molar-refractivity contribution >= 4 is 5.69 Å². The van der Waals surface area contributed by atoms with Gasteiger partial charge in [-0.25, -0.2) is 0 Å². The zero-order valence-corrected chi connectivity index (χ0v) is 10.6. The fraction of sp³-hybridized carbons (Fsp3) is 0.500. The molecule has 7 nitrogen and oxygen atoms in total. The number of hydrogen-bond acceptors (Lipinski definition) is 6. The van der Waals surface area contributed by atoms with Crippen LogP contribution in [0.15, 0.2) is 18.2 Å². The van der Waals surface area contributed by atoms with Gasteiger partial charge in [0.2, 0.25) is 0 Å². The molecular formula is C12H17NO6. The largest absolute Gasteiger partial charge is 0.491 e. The Balaban J connectivity index is 2.69. The van der Waals surface area contributed by atoms with Crippen LogP contribution < -0.4 is 4.74 Å². The van der Waals surface area contributed by atoms with Crippen LogP contribution >= 0.6 is 0 Å². The van der Waals surface area contributed by atoms with Gasteiger partial charge in [0.15, 0.2) is 0 Å². The van der Waals surface area contributed by atoms with Gasteiger partial charge in [0, 0.05) is 17.7 Å². The molecule has 0 bridgehead atoms. The highest BCUT2D eigenvalue weighted by Gasteiger charge is 2.15. The molecular weight excluding hydrogens is 254 g/mol. The minimum atomic E-state index is -0.867. The van der Waals surface area contributed by atoms with E-state index in [2.05, 4.69) is 0 Å². The smallest absolute Gasteiger partial charge is 0.270 e. The van der Waals surface area contributed by atoms with E-state index in [0.29, 0.717) is 11.3 Å². The molecule has 1 aromatic carbocycles. The minimum absolute atomic E-state index is 0.0591. The lowest BCUT2D eigenvalue weighted by Gasteiger charge is -2.13. The maximum Gasteiger partial charge on any atom is 0.270 e. The zero-order valence-electron chi connectivity index (χ0n) is 10.6. The summed E-state index contributed by atoms with van der Waals surface area (Å²) >= 11 is 0. The van der Waals surface area contributed by atoms with Crippen molar-refractivity contribution in [2.24, 2.45) is 0 Å². The van der Waals surface area contributed by atoms with Gasteiger partial charge >= 0.3 is 0 Å². The highest BCUT2D eigenvalue weighted by atomic mass is 16.6. The number of ether oxygens (including phenoxy) is 2. The van der Waals surface area contributed by atoms with Crippen molar-refractivity contribution in [1.29, 1.82) is 0 Å². The van der Waals surface area contributed by atoms with Crippen molar-refractivity contribution < 1.29 is 24.6 Å². The summed E-state index contributed by atoms with van der Waals surface area (Å²) in [5, 5.41) is 28.8. The van der Waals surface area contributed by atoms with Crippen molar-refractivity contribution in [2.45, 2.75) is 13.0 Å². The van der Waals surface area contributed by atoms with Crippen molar-refractivity contribution in [3.8, 4) is 5.75 Å². The molecule has 1 aromatic rings. The zero-order chi connectivity index (χ0) is 14.3. The maximum absolute atomic E-state index is 10.7. The van der Waals surface area contributed by atoms with Gasteiger partial charge in [-0.3, -0.25) is 10.1 Å². The van der Waals surface area contributed by atoms with Crippen LogP contribution in [-0.2, 0) is 4.74 Å². The van der Waals surface area contributed by atoms with Crippen molar-refractivity contribution in [1.82, 2.24) is 0 Å². The second kappa shape index (κ2) is 7.67. The number of nitro groups is 1. The van der Waals surface area contributed by atoms with Gasteiger partial charge in [-0.15, -0.1) is 0 Å². The third kappa shape index (κ3) is 4.82. The quantitative estimate of drug-likeness (QED) is 0.416. The van der Waals surface area contributed by atoms with E-state index < -0.39 is 11.0 Å². The third-order valence-corrected chi connectivity index (χ3v) is 2.38. The molecule has 0 unspecified atom stereocenters. The van der Waals surface area contributed by atoms with Gasteiger partial charge in [0.05, 0.1) is 30.8 Å². The first-order valence-electron chi connectivity index (χ1n) is 5.84. The fourth-order valence-electron chi connectivity index (χ4n) is 1.48. The number of rotatable bonds is 8. The van der Waals surface area contributed by atoms with Gasteiger partial charge in [-0.2, -0.15) is 0 Å². The predicted molar refractivity (Wildman–Crippen MR) is 67.1 cm³/mol. The first-order chi connectivity index (χ1) is 9.06. The molecule has 0 saturated carbocycles. The molecule has 19 heavy (non-hydrogen) atoms. The van der Waals surface area contributed by atoms with E-state index in [1.165, 1.54) is 25.1 Å². The number of nitro benzene ring substituents is 1. The van der Waals surface area contributed by atoms with E-state index >= 15 is 0 Å². The van der Waals surface area contributed by atoms with Crippen molar-refractivity contribution in [3.05, 3.63) is 33.9 Å². The molecule has 2 N–H and O–H groups in total. The van der Waals surface area contributed by atoms with E-state index in [1.54, 1.807) is 0 Å². The van der Waals surface area contributed by atoms with E-state index in [9.17, 15) is 15.2 Å². The van der Waals surface area contributed by atoms with Crippen molar-refractivity contribution in [3.63, 3.8) is 0 Å². The van der Waals surface area contributed by atoms with Gasteiger partial charge < -0.3 is 19.7 Å². The highest BCUT2D eigenvalue weighted by Crippen LogP contribution is 2.29. The summed E-state index contributed by atoms with van der Waals surface area (Å²) in [5.41, 5.74) is 0.260. The third-order valence-electron chi connectivity index (χ3n) is 2.38. The van der Waals surface area contributed by atoms with Crippen LogP contribution in [0, 0.1) is 10.1 Å². The number of aliphatic hydroxyl groups excluding tert-OH is 2. The lowest BCUT2D eigenvalue weighted by Crippen LogP contribution is -2.10. The van der Waals surface area contributed by atoms with E-state index in [0.717, 1.165) is 0 Å². The number of aliphatic hydroxyl groups is 2. The van der Waals surface area contributed by atoms with E-state index in [4.69, 9.17) is 14.6 Å². The van der Waals surface area contributed by atoms with Crippen LogP contribution in [-0.4, -0.2) is 41.6 Å². The van der Waals surface area contributed by atoms with Crippen LogP contribution in [0.25, 0.3) is 0 Å². The standard InChI is InChI=1S/C12H17NO6/c1-9(15)11-8-10(13(16)17)2-3-12(11)19-7-6-18-5-4-14/h2-3,8-9,14-15H,4-7H2,1H3/t9-/m0/s1. The normalized spacial score (nSPS) is 12.2. The summed E-state index contributed by atoms with van der Waals surface area (Å²) in [7, 11) is 0. The monoisotopic (exact) mass is 271 g/mol. The average Bonchev–Trinajstić information content (AvgIpc) is 2.38. The summed E-state index contributed by atoms with van der Waals surface area (Å²) in [6, 6.07) is 4.05. The Kier molecular flexibility index (Phi) is 6.20. The second-order valence-electron chi connectivity index (χ2n) is 3.84. The molecule has 0 aliphatic heterocycles. The number of hydrogen-bond donors (Lipinski definition) is 2. The molecule has 0 radical (unpaired) electrons. The Hall–Kier alpha value is -1.70. The van der Waals surface area contributed by atoms with Gasteiger partial charge in [-0.05, 0) is 13.0 Å². The summed E-state index contributed by atoms with van der Waals surface area (Å²) < 4.78 is 10.4. The summed E-state index contributed by atoms with van der Waals surface area (Å²) in [6.45, 7) is 2.20. The highest BCUT2D eigenvalue weighted by molar-refractivity contribution is 5.44. The van der Waals surface area contributed by atoms with Crippen LogP contribution in [0.5, 0.6) is 5.75 Å². The molecule has 0 amide bonds. The van der Waals surface area contributed by atoms with Crippen molar-refractivity contribution in [2.75, 3.05) is 26.4 Å². The van der Waals surface area contributed by atoms with Gasteiger partial charge in [0.25, 0.3) is 5.69 Å². The Morgan fingerprint density at radius 3 is 2.68 bits per heavy atom. The average molecular weight is 271 g/mol. The molecule has 1 atom stereocenters. The molecule has 7 heteroatoms. The molecule has 0 aromatic heterocycles. The Morgan fingerprint density at radius 2 is 2.11 bits per heavy atom. The topological polar surface area (TPSA) is 102 Å². The molecule has 0 aliphatic rings. The maximum atomic E-state index is 10.7.